The molecule has 1 saturated heterocycles. The number of carbonyl (C=O) groups is 1. The van der Waals surface area contributed by atoms with Crippen LogP contribution in [-0.4, -0.2) is 44.7 Å². The molecule has 0 amide bonds. The molecule has 2 heterocycles. The average molecular weight is 365 g/mol. The third-order valence-corrected chi connectivity index (χ3v) is 5.84. The van der Waals surface area contributed by atoms with Gasteiger partial charge in [0.25, 0.3) is 0 Å². The van der Waals surface area contributed by atoms with Gasteiger partial charge in [-0.05, 0) is 19.1 Å². The van der Waals surface area contributed by atoms with Gasteiger partial charge in [0.1, 0.15) is 12.6 Å². The zero-order chi connectivity index (χ0) is 19.2. The van der Waals surface area contributed by atoms with Crippen LogP contribution in [0, 0.1) is 6.92 Å². The average Bonchev–Trinajstić information content (AvgIpc) is 3.13. The lowest BCUT2D eigenvalue weighted by molar-refractivity contribution is -0.927. The lowest BCUT2D eigenvalue weighted by atomic mass is 10.1. The van der Waals surface area contributed by atoms with Gasteiger partial charge in [-0.15, -0.1) is 0 Å². The van der Waals surface area contributed by atoms with Gasteiger partial charge < -0.3 is 19.9 Å². The normalized spacial score (nSPS) is 25.1. The minimum Gasteiger partial charge on any atom is -0.477 e. The fourth-order valence-corrected chi connectivity index (χ4v) is 4.54. The Morgan fingerprint density at radius 3 is 2.67 bits per heavy atom. The van der Waals surface area contributed by atoms with Crippen LogP contribution >= 0.6 is 0 Å². The molecule has 0 radical (unpaired) electrons. The second kappa shape index (κ2) is 6.39. The summed E-state index contributed by atoms with van der Waals surface area (Å²) < 4.78 is 2.38. The highest BCUT2D eigenvalue weighted by Crippen LogP contribution is 2.39. The van der Waals surface area contributed by atoms with Gasteiger partial charge in [0, 0.05) is 12.0 Å². The van der Waals surface area contributed by atoms with E-state index in [4.69, 9.17) is 5.73 Å². The molecule has 1 aliphatic heterocycles. The molecule has 2 unspecified atom stereocenters. The van der Waals surface area contributed by atoms with E-state index in [2.05, 4.69) is 36.2 Å². The number of anilines is 1. The van der Waals surface area contributed by atoms with Crippen LogP contribution in [0.15, 0.2) is 48.5 Å². The number of aryl methyl sites for hydroxylation is 1. The Kier molecular flexibility index (Phi) is 4.15. The van der Waals surface area contributed by atoms with E-state index in [0.29, 0.717) is 17.0 Å². The molecule has 0 saturated carbocycles. The Bertz CT molecular complexity index is 995. The third-order valence-electron chi connectivity index (χ3n) is 5.84. The summed E-state index contributed by atoms with van der Waals surface area (Å²) in [5.41, 5.74) is 10.3. The maximum atomic E-state index is 12.3. The van der Waals surface area contributed by atoms with Crippen LogP contribution in [0.4, 0.5) is 5.95 Å². The van der Waals surface area contributed by atoms with Crippen LogP contribution in [0.1, 0.15) is 23.6 Å². The van der Waals surface area contributed by atoms with E-state index in [9.17, 15) is 9.90 Å². The zero-order valence-electron chi connectivity index (χ0n) is 15.7. The van der Waals surface area contributed by atoms with Crippen LogP contribution in [0.25, 0.3) is 11.0 Å². The molecule has 1 aliphatic rings. The van der Waals surface area contributed by atoms with Crippen LogP contribution in [-0.2, 0) is 11.3 Å². The molecule has 0 bridgehead atoms. The number of nitrogens with two attached hydrogens (primary N) is 1. The lowest BCUT2D eigenvalue weighted by Crippen LogP contribution is -2.53. The number of carboxylic acid groups (broad SMARTS) is 1. The summed E-state index contributed by atoms with van der Waals surface area (Å²) in [6, 6.07) is 15.3. The molecule has 3 aromatic rings. The van der Waals surface area contributed by atoms with Crippen LogP contribution < -0.4 is 5.73 Å². The number of nitrogens with zero attached hydrogens (tertiary/aromatic N) is 3. The first kappa shape index (κ1) is 17.5. The lowest BCUT2D eigenvalue weighted by Gasteiger charge is -2.35. The number of hydrogen-bond acceptors (Lipinski definition) is 3. The van der Waals surface area contributed by atoms with E-state index in [0.717, 1.165) is 29.6 Å². The summed E-state index contributed by atoms with van der Waals surface area (Å²) in [6.07, 6.45) is 0.754. The number of fused-ring (bicyclic) bond motifs is 1. The van der Waals surface area contributed by atoms with Crippen molar-refractivity contribution in [2.45, 2.75) is 32.0 Å². The maximum absolute atomic E-state index is 12.3. The molecule has 3 atom stereocenters. The third kappa shape index (κ3) is 2.96. The quantitative estimate of drug-likeness (QED) is 0.697. The summed E-state index contributed by atoms with van der Waals surface area (Å²) in [6.45, 7) is 3.51. The highest BCUT2D eigenvalue weighted by atomic mass is 16.4. The standard InChI is InChI=1S/C21H24N4O2/c1-14-7-9-15(10-8-14)13-25(2)12-11-18(19(25)20(26)27)24-17-6-4-3-5-16(17)23-21(24)22/h3-10,18-19H,11-13H2,1-2H3,(H2-,22,23,26,27)/p+1/t18?,19-,25?/m0/s1. The van der Waals surface area contributed by atoms with Crippen molar-refractivity contribution in [1.29, 1.82) is 0 Å². The van der Waals surface area contributed by atoms with Gasteiger partial charge in [-0.3, -0.25) is 0 Å². The SMILES string of the molecule is Cc1ccc(C[N+]2(C)CCC(n3c(N)nc4ccccc43)[C@H]2C(=O)O)cc1. The van der Waals surface area contributed by atoms with Crippen LogP contribution in [0.3, 0.4) is 0 Å². The Labute approximate surface area is 158 Å². The highest BCUT2D eigenvalue weighted by Gasteiger charge is 2.51. The number of aliphatic carboxylic acids is 1. The van der Waals surface area contributed by atoms with Gasteiger partial charge in [0.2, 0.25) is 12.0 Å². The molecule has 6 heteroatoms. The van der Waals surface area contributed by atoms with Crippen LogP contribution in [0.2, 0.25) is 0 Å². The van der Waals surface area contributed by atoms with Gasteiger partial charge in [-0.25, -0.2) is 9.78 Å². The fraction of sp³-hybridized carbons (Fsp3) is 0.333. The first-order valence-electron chi connectivity index (χ1n) is 9.24. The zero-order valence-corrected chi connectivity index (χ0v) is 15.7. The maximum Gasteiger partial charge on any atom is 0.364 e. The van der Waals surface area contributed by atoms with Crippen molar-refractivity contribution in [3.8, 4) is 0 Å². The highest BCUT2D eigenvalue weighted by molar-refractivity contribution is 5.80. The predicted molar refractivity (Wildman–Crippen MR) is 105 cm³/mol. The molecule has 140 valence electrons. The second-order valence-corrected chi connectivity index (χ2v) is 7.81. The fourth-order valence-electron chi connectivity index (χ4n) is 4.54. The monoisotopic (exact) mass is 365 g/mol. The van der Waals surface area contributed by atoms with Gasteiger partial charge in [0.15, 0.2) is 0 Å². The topological polar surface area (TPSA) is 81.1 Å². The first-order chi connectivity index (χ1) is 12.9. The van der Waals surface area contributed by atoms with Gasteiger partial charge in [-0.2, -0.15) is 0 Å². The number of benzene rings is 2. The molecule has 27 heavy (non-hydrogen) atoms. The Balaban J connectivity index is 1.73. The van der Waals surface area contributed by atoms with Crippen molar-refractivity contribution >= 4 is 23.0 Å². The van der Waals surface area contributed by atoms with E-state index in [1.165, 1.54) is 5.56 Å². The number of nitrogen functional groups attached to an aromatic ring is 1. The summed E-state index contributed by atoms with van der Waals surface area (Å²) in [7, 11) is 2.04. The van der Waals surface area contributed by atoms with Gasteiger partial charge in [-0.1, -0.05) is 42.0 Å². The number of likely N-dealkylation sites (tertiary alicyclic amines) is 1. The molecule has 4 rings (SSSR count). The van der Waals surface area contributed by atoms with E-state index in [1.807, 2.05) is 35.9 Å². The molecular formula is C21H25N4O2+. The number of imidazole rings is 1. The molecule has 0 aliphatic carbocycles. The number of likely N-dealkylation sites (N-methyl/N-ethyl adjacent to an activating group) is 1. The molecule has 1 fully saturated rings. The van der Waals surface area contributed by atoms with Crippen molar-refractivity contribution in [3.63, 3.8) is 0 Å². The van der Waals surface area contributed by atoms with E-state index in [-0.39, 0.29) is 6.04 Å². The number of hydrogen-bond donors (Lipinski definition) is 2. The molecule has 3 N–H and O–H groups in total. The predicted octanol–water partition coefficient (Wildman–Crippen LogP) is 2.97. The Morgan fingerprint density at radius 1 is 1.26 bits per heavy atom. The van der Waals surface area contributed by atoms with E-state index in [1.54, 1.807) is 0 Å². The first-order valence-corrected chi connectivity index (χ1v) is 9.24. The second-order valence-electron chi connectivity index (χ2n) is 7.81. The molecular weight excluding hydrogens is 340 g/mol. The molecule has 2 aromatic carbocycles. The Hall–Kier alpha value is -2.86. The number of quaternary nitrogens is 1. The van der Waals surface area contributed by atoms with Crippen molar-refractivity contribution in [2.24, 2.45) is 0 Å². The minimum absolute atomic E-state index is 0.217. The van der Waals surface area contributed by atoms with E-state index < -0.39 is 12.0 Å². The van der Waals surface area contributed by atoms with E-state index >= 15 is 0 Å². The summed E-state index contributed by atoms with van der Waals surface area (Å²) in [5.74, 6) is -0.402. The van der Waals surface area contributed by atoms with Crippen molar-refractivity contribution in [2.75, 3.05) is 19.3 Å². The molecule has 6 nitrogen and oxygen atoms in total. The molecule has 0 spiro atoms. The smallest absolute Gasteiger partial charge is 0.364 e. The van der Waals surface area contributed by atoms with Crippen LogP contribution in [0.5, 0.6) is 0 Å². The van der Waals surface area contributed by atoms with Crippen molar-refractivity contribution in [3.05, 3.63) is 59.7 Å². The van der Waals surface area contributed by atoms with Crippen molar-refractivity contribution < 1.29 is 14.4 Å². The summed E-state index contributed by atoms with van der Waals surface area (Å²) >= 11 is 0. The number of aromatic nitrogens is 2. The number of rotatable bonds is 4. The van der Waals surface area contributed by atoms with Gasteiger partial charge >= 0.3 is 5.97 Å². The summed E-state index contributed by atoms with van der Waals surface area (Å²) in [5, 5.41) is 10.1. The Morgan fingerprint density at radius 2 is 1.96 bits per heavy atom. The largest absolute Gasteiger partial charge is 0.477 e. The molecule has 1 aromatic heterocycles. The minimum atomic E-state index is -0.788. The number of para-hydroxylation sites is 2. The van der Waals surface area contributed by atoms with Crippen molar-refractivity contribution in [1.82, 2.24) is 9.55 Å². The van der Waals surface area contributed by atoms with Gasteiger partial charge in [0.05, 0.1) is 24.6 Å². The number of carboxylic acids is 1. The summed E-state index contributed by atoms with van der Waals surface area (Å²) in [4.78, 5) is 16.8.